The van der Waals surface area contributed by atoms with Crippen LogP contribution in [0.2, 0.25) is 0 Å². The van der Waals surface area contributed by atoms with Crippen molar-refractivity contribution in [1.29, 1.82) is 0 Å². The number of nitrogens with zero attached hydrogens (tertiary/aromatic N) is 4. The van der Waals surface area contributed by atoms with Crippen LogP contribution in [0.4, 0.5) is 9.59 Å². The lowest BCUT2D eigenvalue weighted by molar-refractivity contribution is -0.138. The molecule has 3 aromatic rings. The van der Waals surface area contributed by atoms with E-state index in [1.807, 2.05) is 48.6 Å². The minimum Gasteiger partial charge on any atom is -0.465 e. The van der Waals surface area contributed by atoms with E-state index in [1.54, 1.807) is 36.0 Å². The first-order valence-electron chi connectivity index (χ1n) is 17.6. The van der Waals surface area contributed by atoms with Crippen molar-refractivity contribution in [3.05, 3.63) is 70.8 Å². The fraction of sp³-hybridized carbons (Fsp3) is 0.459. The van der Waals surface area contributed by atoms with Gasteiger partial charge in [-0.1, -0.05) is 36.4 Å². The molecule has 53 heavy (non-hydrogen) atoms. The maximum Gasteiger partial charge on any atom is 0.407 e. The van der Waals surface area contributed by atoms with Crippen LogP contribution in [0, 0.1) is 0 Å². The summed E-state index contributed by atoms with van der Waals surface area (Å²) in [4.78, 5) is 69.2. The summed E-state index contributed by atoms with van der Waals surface area (Å²) in [6.45, 7) is 4.42. The van der Waals surface area contributed by atoms with Crippen LogP contribution in [-0.2, 0) is 23.8 Å². The van der Waals surface area contributed by atoms with Crippen molar-refractivity contribution in [3.8, 4) is 0 Å². The number of methoxy groups -OCH3 is 3. The van der Waals surface area contributed by atoms with Gasteiger partial charge in [-0.25, -0.2) is 19.6 Å². The van der Waals surface area contributed by atoms with Gasteiger partial charge in [-0.2, -0.15) is 0 Å². The van der Waals surface area contributed by atoms with E-state index < -0.39 is 36.5 Å². The average Bonchev–Trinajstić information content (AvgIpc) is 4.00. The molecule has 0 unspecified atom stereocenters. The Bertz CT molecular complexity index is 1790. The van der Waals surface area contributed by atoms with E-state index in [2.05, 4.69) is 30.6 Å². The Morgan fingerprint density at radius 2 is 1.19 bits per heavy atom. The highest BCUT2D eigenvalue weighted by Gasteiger charge is 2.40. The van der Waals surface area contributed by atoms with Crippen molar-refractivity contribution in [2.45, 2.75) is 75.9 Å². The molecule has 284 valence electrons. The van der Waals surface area contributed by atoms with Crippen molar-refractivity contribution in [1.82, 2.24) is 40.4 Å². The van der Waals surface area contributed by atoms with E-state index in [-0.39, 0.29) is 23.9 Å². The minimum absolute atomic E-state index is 0.256. The number of ether oxygens (including phenoxy) is 3. The highest BCUT2D eigenvalue weighted by molar-refractivity contribution is 5.87. The fourth-order valence-corrected chi connectivity index (χ4v) is 6.64. The maximum absolute atomic E-state index is 13.5. The second-order valence-corrected chi connectivity index (χ2v) is 13.1. The Labute approximate surface area is 308 Å². The number of hydrogen-bond acceptors (Lipinski definition) is 9. The highest BCUT2D eigenvalue weighted by Crippen LogP contribution is 2.32. The molecule has 0 spiro atoms. The van der Waals surface area contributed by atoms with E-state index >= 15 is 0 Å². The van der Waals surface area contributed by atoms with Gasteiger partial charge in [0.15, 0.2) is 0 Å². The molecule has 16 heteroatoms. The van der Waals surface area contributed by atoms with Gasteiger partial charge in [0.1, 0.15) is 23.7 Å². The summed E-state index contributed by atoms with van der Waals surface area (Å²) >= 11 is 0. The standard InChI is InChI=1S/C37H48N8O8/c1-22(51-3)30(42-36(48)49)34(46)44-18-6-8-28(44)32-38-20-26(40-32)16-14-24-10-12-25(13-11-24)15-17-27-21-39-33(41-27)29-9-7-19-45(29)35(47)31(23(2)52-4)43-37(50)53-5/h10-17,20-23,28-31,42H,6-9,18-19H2,1-5H3,(H,38,40)(H,39,41)(H,43,50)(H,48,49)/b16-14+,17-15+/t22-,23-,28+,29+,30+,31+/m1/s1. The lowest BCUT2D eigenvalue weighted by Gasteiger charge is -2.30. The monoisotopic (exact) mass is 732 g/mol. The van der Waals surface area contributed by atoms with Crippen molar-refractivity contribution < 1.29 is 38.5 Å². The Morgan fingerprint density at radius 1 is 0.755 bits per heavy atom. The molecule has 5 rings (SSSR count). The van der Waals surface area contributed by atoms with Crippen LogP contribution in [0.3, 0.4) is 0 Å². The van der Waals surface area contributed by atoms with Gasteiger partial charge in [-0.05, 0) is 62.8 Å². The van der Waals surface area contributed by atoms with E-state index in [0.717, 1.165) is 41.8 Å². The number of aromatic nitrogens is 4. The van der Waals surface area contributed by atoms with Crippen molar-refractivity contribution in [2.24, 2.45) is 0 Å². The molecule has 1 aromatic carbocycles. The molecule has 0 bridgehead atoms. The van der Waals surface area contributed by atoms with Gasteiger partial charge in [-0.3, -0.25) is 9.59 Å². The van der Waals surface area contributed by atoms with Gasteiger partial charge in [0.05, 0.1) is 55.2 Å². The zero-order valence-corrected chi connectivity index (χ0v) is 30.6. The number of nitrogens with one attached hydrogen (secondary N) is 4. The number of alkyl carbamates (subject to hydrolysis) is 1. The van der Waals surface area contributed by atoms with Crippen LogP contribution < -0.4 is 10.6 Å². The van der Waals surface area contributed by atoms with Gasteiger partial charge in [0.2, 0.25) is 11.8 Å². The number of likely N-dealkylation sites (tertiary alicyclic amines) is 2. The van der Waals surface area contributed by atoms with Gasteiger partial charge in [0.25, 0.3) is 0 Å². The summed E-state index contributed by atoms with van der Waals surface area (Å²) in [5.74, 6) is 0.718. The Kier molecular flexibility index (Phi) is 13.0. The molecule has 16 nitrogen and oxygen atoms in total. The second-order valence-electron chi connectivity index (χ2n) is 13.1. The number of aromatic amines is 2. The number of rotatable bonds is 14. The second kappa shape index (κ2) is 17.8. The summed E-state index contributed by atoms with van der Waals surface area (Å²) in [7, 11) is 4.18. The topological polar surface area (TPSA) is 204 Å². The molecule has 0 radical (unpaired) electrons. The number of carbonyl (C=O) groups is 4. The third kappa shape index (κ3) is 9.50. The minimum atomic E-state index is -1.29. The predicted molar refractivity (Wildman–Crippen MR) is 196 cm³/mol. The normalized spacial score (nSPS) is 19.7. The SMILES string of the molecule is COC(=O)N[C@H](C(=O)N1CCC[C@H]1c1ncc(/C=C/c2ccc(/C=C/c3cnc([C@@H]4CCCN4C(=O)[C@@H](NC(=O)O)[C@@H](C)OC)[nH]3)cc2)[nH]1)[C@@H](C)OC. The highest BCUT2D eigenvalue weighted by atomic mass is 16.5. The molecule has 0 saturated carbocycles. The first kappa shape index (κ1) is 38.7. The molecule has 0 aliphatic carbocycles. The summed E-state index contributed by atoms with van der Waals surface area (Å²) in [6, 6.07) is 5.52. The summed E-state index contributed by atoms with van der Waals surface area (Å²) in [5.41, 5.74) is 3.52. The van der Waals surface area contributed by atoms with Gasteiger partial charge >= 0.3 is 12.2 Å². The zero-order chi connectivity index (χ0) is 38.1. The van der Waals surface area contributed by atoms with Gasteiger partial charge in [-0.15, -0.1) is 0 Å². The van der Waals surface area contributed by atoms with Crippen LogP contribution in [-0.4, -0.2) is 118 Å². The lowest BCUT2D eigenvalue weighted by Crippen LogP contribution is -2.54. The zero-order valence-electron chi connectivity index (χ0n) is 30.6. The van der Waals surface area contributed by atoms with Crippen molar-refractivity contribution >= 4 is 48.3 Å². The number of hydrogen-bond donors (Lipinski definition) is 5. The summed E-state index contributed by atoms with van der Waals surface area (Å²) in [6.07, 6.45) is 11.1. The molecule has 2 aliphatic rings. The Hall–Kier alpha value is -5.48. The molecular formula is C37H48N8O8. The smallest absolute Gasteiger partial charge is 0.407 e. The largest absolute Gasteiger partial charge is 0.465 e. The molecular weight excluding hydrogens is 684 g/mol. The molecule has 2 saturated heterocycles. The first-order valence-corrected chi connectivity index (χ1v) is 17.6. The third-order valence-corrected chi connectivity index (χ3v) is 9.73. The van der Waals surface area contributed by atoms with Crippen LogP contribution >= 0.6 is 0 Å². The molecule has 2 aromatic heterocycles. The molecule has 4 amide bonds. The maximum atomic E-state index is 13.5. The molecule has 5 N–H and O–H groups in total. The molecule has 2 fully saturated rings. The molecule has 4 heterocycles. The number of carbonyl (C=O) groups excluding carboxylic acids is 3. The van der Waals surface area contributed by atoms with Crippen molar-refractivity contribution in [3.63, 3.8) is 0 Å². The lowest BCUT2D eigenvalue weighted by atomic mass is 10.1. The van der Waals surface area contributed by atoms with Crippen LogP contribution in [0.25, 0.3) is 24.3 Å². The van der Waals surface area contributed by atoms with Crippen molar-refractivity contribution in [2.75, 3.05) is 34.4 Å². The quantitative estimate of drug-likeness (QED) is 0.160. The number of H-pyrrole nitrogens is 2. The molecule has 6 atom stereocenters. The fourth-order valence-electron chi connectivity index (χ4n) is 6.64. The number of carboxylic acid groups (broad SMARTS) is 1. The van der Waals surface area contributed by atoms with Gasteiger partial charge < -0.3 is 49.7 Å². The Morgan fingerprint density at radius 3 is 1.58 bits per heavy atom. The van der Waals surface area contributed by atoms with E-state index in [9.17, 15) is 24.3 Å². The number of amides is 4. The number of imidazole rings is 2. The van der Waals surface area contributed by atoms with E-state index in [1.165, 1.54) is 21.3 Å². The third-order valence-electron chi connectivity index (χ3n) is 9.73. The number of benzene rings is 1. The predicted octanol–water partition coefficient (Wildman–Crippen LogP) is 4.23. The summed E-state index contributed by atoms with van der Waals surface area (Å²) in [5, 5.41) is 14.2. The Balaban J connectivity index is 1.18. The van der Waals surface area contributed by atoms with Gasteiger partial charge in [0, 0.05) is 27.3 Å². The van der Waals surface area contributed by atoms with E-state index in [0.29, 0.717) is 31.2 Å². The summed E-state index contributed by atoms with van der Waals surface area (Å²) < 4.78 is 15.3. The average molecular weight is 733 g/mol. The van der Waals surface area contributed by atoms with E-state index in [4.69, 9.17) is 14.2 Å². The first-order chi connectivity index (χ1) is 25.5. The van der Waals surface area contributed by atoms with Crippen LogP contribution in [0.15, 0.2) is 36.7 Å². The molecule has 2 aliphatic heterocycles. The van der Waals surface area contributed by atoms with Crippen LogP contribution in [0.1, 0.15) is 85.8 Å². The van der Waals surface area contributed by atoms with Crippen LogP contribution in [0.5, 0.6) is 0 Å².